The number of hydrogen-bond acceptors (Lipinski definition) is 0. The molecule has 2 aromatic rings. The molecule has 0 atom stereocenters. The average molecular weight is 157 g/mol. The van der Waals surface area contributed by atoms with Crippen molar-refractivity contribution in [3.05, 3.63) is 49.1 Å². The monoisotopic (exact) mass is 157 g/mol. The van der Waals surface area contributed by atoms with E-state index >= 15 is 0 Å². The molecule has 3 heteroatoms. The minimum absolute atomic E-state index is 0. The van der Waals surface area contributed by atoms with Crippen LogP contribution in [0.25, 0.3) is 0 Å². The number of H-pyrrole nitrogens is 2. The first-order chi connectivity index (χ1) is 5.00. The van der Waals surface area contributed by atoms with Gasteiger partial charge in [-0.2, -0.15) is 0 Å². The third kappa shape index (κ3) is 5.98. The molecule has 2 nitrogen and oxygen atoms in total. The summed E-state index contributed by atoms with van der Waals surface area (Å²) in [6, 6.07) is 7.78. The fraction of sp³-hybridized carbons (Fsp3) is 0. The zero-order valence-corrected chi connectivity index (χ0v) is 8.62. The number of aromatic amines is 2. The minimum Gasteiger partial charge on any atom is -0.368 e. The summed E-state index contributed by atoms with van der Waals surface area (Å²) in [6.45, 7) is 0. The van der Waals surface area contributed by atoms with Crippen LogP contribution in [0.1, 0.15) is 0 Å². The van der Waals surface area contributed by atoms with Crippen molar-refractivity contribution in [1.82, 2.24) is 9.97 Å². The normalized spacial score (nSPS) is 7.27. The second kappa shape index (κ2) is 7.66. The predicted octanol–water partition coefficient (Wildman–Crippen LogP) is 1.65. The molecule has 0 bridgehead atoms. The molecule has 2 rings (SSSR count). The summed E-state index contributed by atoms with van der Waals surface area (Å²) in [7, 11) is 0. The fourth-order valence-corrected chi connectivity index (χ4v) is 0.556. The molecule has 2 N–H and O–H groups in total. The Kier molecular flexibility index (Phi) is 7.36. The average Bonchev–Trinajstić information content (AvgIpc) is 2.67. The van der Waals surface area contributed by atoms with Crippen LogP contribution in [0.3, 0.4) is 0 Å². The van der Waals surface area contributed by atoms with E-state index in [4.69, 9.17) is 0 Å². The van der Waals surface area contributed by atoms with Crippen LogP contribution in [-0.2, 0) is 0 Å². The molecule has 0 aliphatic heterocycles. The van der Waals surface area contributed by atoms with Crippen LogP contribution in [0.5, 0.6) is 0 Å². The van der Waals surface area contributed by atoms with E-state index in [1.165, 1.54) is 0 Å². The van der Waals surface area contributed by atoms with Crippen molar-refractivity contribution in [2.45, 2.75) is 0 Å². The van der Waals surface area contributed by atoms with Crippen LogP contribution in [0, 0.1) is 0 Å². The molecule has 0 aliphatic rings. The first-order valence-corrected chi connectivity index (χ1v) is 3.15. The van der Waals surface area contributed by atoms with Gasteiger partial charge < -0.3 is 9.97 Å². The van der Waals surface area contributed by atoms with E-state index in [0.29, 0.717) is 0 Å². The molecule has 0 amide bonds. The van der Waals surface area contributed by atoms with Crippen molar-refractivity contribution in [3.8, 4) is 0 Å². The summed E-state index contributed by atoms with van der Waals surface area (Å²) in [5.41, 5.74) is 0. The van der Waals surface area contributed by atoms with Crippen molar-refractivity contribution in [2.24, 2.45) is 0 Å². The summed E-state index contributed by atoms with van der Waals surface area (Å²) in [6.07, 6.45) is 7.50. The van der Waals surface area contributed by atoms with Crippen LogP contribution in [0.2, 0.25) is 0 Å². The molecule has 0 aliphatic carbocycles. The topological polar surface area (TPSA) is 31.6 Å². The molecule has 11 heavy (non-hydrogen) atoms. The number of rotatable bonds is 0. The smallest absolute Gasteiger partial charge is 0.000496 e. The Bertz CT molecular complexity index is 151. The van der Waals surface area contributed by atoms with Gasteiger partial charge in [-0.3, -0.25) is 0 Å². The van der Waals surface area contributed by atoms with E-state index in [9.17, 15) is 0 Å². The molecule has 0 fully saturated rings. The second-order valence-corrected chi connectivity index (χ2v) is 1.77. The van der Waals surface area contributed by atoms with Crippen LogP contribution in [0.15, 0.2) is 49.1 Å². The van der Waals surface area contributed by atoms with Crippen LogP contribution in [-0.4, -0.2) is 39.5 Å². The van der Waals surface area contributed by atoms with Crippen molar-refractivity contribution in [1.29, 1.82) is 0 Å². The second-order valence-electron chi connectivity index (χ2n) is 1.77. The molecule has 2 heterocycles. The first-order valence-electron chi connectivity index (χ1n) is 3.15. The van der Waals surface area contributed by atoms with Crippen LogP contribution >= 0.6 is 0 Å². The molecule has 0 unspecified atom stereocenters. The van der Waals surface area contributed by atoms with Gasteiger partial charge in [-0.15, -0.1) is 0 Å². The quantitative estimate of drug-likeness (QED) is 0.545. The molecule has 0 saturated heterocycles. The molecular weight excluding hydrogens is 147 g/mol. The summed E-state index contributed by atoms with van der Waals surface area (Å²) in [5.74, 6) is 0. The molecule has 2 aromatic heterocycles. The fourth-order valence-electron chi connectivity index (χ4n) is 0.556. The maximum Gasteiger partial charge on any atom is 0.000496 e. The summed E-state index contributed by atoms with van der Waals surface area (Å²) < 4.78 is 0. The summed E-state index contributed by atoms with van der Waals surface area (Å²) in [4.78, 5) is 5.72. The largest absolute Gasteiger partial charge is 0.368 e. The molecule has 0 saturated carbocycles. The van der Waals surface area contributed by atoms with Gasteiger partial charge >= 0.3 is 0 Å². The van der Waals surface area contributed by atoms with Crippen molar-refractivity contribution >= 4 is 29.6 Å². The third-order valence-electron chi connectivity index (χ3n) is 0.992. The van der Waals surface area contributed by atoms with Gasteiger partial charge in [-0.05, 0) is 24.3 Å². The minimum atomic E-state index is 0. The van der Waals surface area contributed by atoms with E-state index in [-0.39, 0.29) is 29.6 Å². The van der Waals surface area contributed by atoms with E-state index in [2.05, 4.69) is 9.97 Å². The first kappa shape index (κ1) is 10.6. The SMILES string of the molecule is [Na].c1cc[nH]c1.c1cc[nH]c1. The maximum absolute atomic E-state index is 2.86. The van der Waals surface area contributed by atoms with Crippen LogP contribution in [0.4, 0.5) is 0 Å². The van der Waals surface area contributed by atoms with E-state index in [1.807, 2.05) is 49.1 Å². The molecule has 0 spiro atoms. The van der Waals surface area contributed by atoms with Gasteiger partial charge in [-0.1, -0.05) is 0 Å². The predicted molar refractivity (Wildman–Crippen MR) is 47.3 cm³/mol. The van der Waals surface area contributed by atoms with Gasteiger partial charge in [0, 0.05) is 54.3 Å². The molecule has 0 aromatic carbocycles. The van der Waals surface area contributed by atoms with E-state index in [0.717, 1.165) is 0 Å². The van der Waals surface area contributed by atoms with Gasteiger partial charge in [0.2, 0.25) is 0 Å². The summed E-state index contributed by atoms with van der Waals surface area (Å²) >= 11 is 0. The number of nitrogens with one attached hydrogen (secondary N) is 2. The Labute approximate surface area is 88.3 Å². The van der Waals surface area contributed by atoms with Crippen molar-refractivity contribution in [2.75, 3.05) is 0 Å². The van der Waals surface area contributed by atoms with Gasteiger partial charge in [0.1, 0.15) is 0 Å². The van der Waals surface area contributed by atoms with Gasteiger partial charge in [-0.25, -0.2) is 0 Å². The number of aromatic nitrogens is 2. The Morgan fingerprint density at radius 1 is 0.545 bits per heavy atom. The zero-order valence-electron chi connectivity index (χ0n) is 6.62. The van der Waals surface area contributed by atoms with E-state index < -0.39 is 0 Å². The maximum atomic E-state index is 2.86. The Balaban J connectivity index is 0.000000167. The molecule has 1 radical (unpaired) electrons. The van der Waals surface area contributed by atoms with E-state index in [1.54, 1.807) is 0 Å². The third-order valence-corrected chi connectivity index (χ3v) is 0.992. The van der Waals surface area contributed by atoms with Crippen molar-refractivity contribution < 1.29 is 0 Å². The standard InChI is InChI=1S/2C4H5N.Na/c2*1-2-4-5-3-1;/h2*1-5H;. The van der Waals surface area contributed by atoms with Gasteiger partial charge in [0.25, 0.3) is 0 Å². The Hall–Kier alpha value is -0.440. The van der Waals surface area contributed by atoms with Crippen LogP contribution < -0.4 is 0 Å². The van der Waals surface area contributed by atoms with Gasteiger partial charge in [0.15, 0.2) is 0 Å². The number of hydrogen-bond donors (Lipinski definition) is 2. The summed E-state index contributed by atoms with van der Waals surface area (Å²) in [5, 5.41) is 0. The van der Waals surface area contributed by atoms with Gasteiger partial charge in [0.05, 0.1) is 0 Å². The Morgan fingerprint density at radius 3 is 0.909 bits per heavy atom. The molecular formula is C8H10N2Na. The Morgan fingerprint density at radius 2 is 0.818 bits per heavy atom. The van der Waals surface area contributed by atoms with Crippen molar-refractivity contribution in [3.63, 3.8) is 0 Å². The molecule has 53 valence electrons. The zero-order chi connectivity index (χ0) is 7.07.